The lowest BCUT2D eigenvalue weighted by Crippen LogP contribution is -2.30. The number of halogens is 1. The molecule has 0 radical (unpaired) electrons. The fourth-order valence-electron chi connectivity index (χ4n) is 2.33. The standard InChI is InChI=1S/C16H25ClN2O2/c1-13(2)18-16-12-14(4-5-15(16)17)21-11-8-19-6-3-9-20-10-7-19/h4-5,12-13,18H,3,6-11H2,1-2H3. The number of hydrogen-bond donors (Lipinski definition) is 1. The van der Waals surface area contributed by atoms with Crippen LogP contribution in [-0.2, 0) is 4.74 Å². The topological polar surface area (TPSA) is 33.7 Å². The number of rotatable bonds is 6. The van der Waals surface area contributed by atoms with Gasteiger partial charge in [-0.15, -0.1) is 0 Å². The van der Waals surface area contributed by atoms with E-state index in [2.05, 4.69) is 24.1 Å². The van der Waals surface area contributed by atoms with Crippen molar-refractivity contribution in [2.24, 2.45) is 0 Å². The molecular formula is C16H25ClN2O2. The number of nitrogens with one attached hydrogen (secondary N) is 1. The van der Waals surface area contributed by atoms with Crippen LogP contribution in [0.15, 0.2) is 18.2 Å². The first-order chi connectivity index (χ1) is 10.1. The van der Waals surface area contributed by atoms with Crippen LogP contribution in [0.25, 0.3) is 0 Å². The van der Waals surface area contributed by atoms with E-state index in [0.29, 0.717) is 12.6 Å². The predicted molar refractivity (Wildman–Crippen MR) is 87.6 cm³/mol. The minimum absolute atomic E-state index is 0.342. The molecule has 0 spiro atoms. The van der Waals surface area contributed by atoms with Crippen molar-refractivity contribution < 1.29 is 9.47 Å². The average molecular weight is 313 g/mol. The molecule has 1 aliphatic heterocycles. The van der Waals surface area contributed by atoms with E-state index >= 15 is 0 Å². The van der Waals surface area contributed by atoms with Crippen molar-refractivity contribution in [1.82, 2.24) is 4.90 Å². The molecule has 0 amide bonds. The summed E-state index contributed by atoms with van der Waals surface area (Å²) in [6.07, 6.45) is 1.10. The van der Waals surface area contributed by atoms with E-state index in [1.165, 1.54) is 0 Å². The molecule has 0 atom stereocenters. The Kier molecular flexibility index (Phi) is 6.61. The molecule has 118 valence electrons. The highest BCUT2D eigenvalue weighted by atomic mass is 35.5. The molecule has 1 heterocycles. The van der Waals surface area contributed by atoms with Gasteiger partial charge < -0.3 is 14.8 Å². The molecule has 0 bridgehead atoms. The van der Waals surface area contributed by atoms with Crippen LogP contribution in [-0.4, -0.2) is 50.4 Å². The molecule has 0 aliphatic carbocycles. The van der Waals surface area contributed by atoms with Gasteiger partial charge in [0.1, 0.15) is 12.4 Å². The second kappa shape index (κ2) is 8.47. The van der Waals surface area contributed by atoms with Gasteiger partial charge >= 0.3 is 0 Å². The Morgan fingerprint density at radius 3 is 3.00 bits per heavy atom. The van der Waals surface area contributed by atoms with E-state index in [-0.39, 0.29) is 0 Å². The second-order valence-corrected chi connectivity index (χ2v) is 6.00. The van der Waals surface area contributed by atoms with Crippen LogP contribution in [0.3, 0.4) is 0 Å². The summed E-state index contributed by atoms with van der Waals surface area (Å²) in [5, 5.41) is 4.05. The summed E-state index contributed by atoms with van der Waals surface area (Å²) >= 11 is 6.17. The van der Waals surface area contributed by atoms with Gasteiger partial charge in [0.25, 0.3) is 0 Å². The van der Waals surface area contributed by atoms with Crippen molar-refractivity contribution in [3.8, 4) is 5.75 Å². The maximum Gasteiger partial charge on any atom is 0.121 e. The Balaban J connectivity index is 1.82. The number of anilines is 1. The number of nitrogens with zero attached hydrogens (tertiary/aromatic N) is 1. The third-order valence-electron chi connectivity index (χ3n) is 3.37. The molecule has 1 aliphatic rings. The smallest absolute Gasteiger partial charge is 0.121 e. The zero-order valence-corrected chi connectivity index (χ0v) is 13.7. The molecule has 1 saturated heterocycles. The lowest BCUT2D eigenvalue weighted by atomic mass is 10.2. The molecule has 21 heavy (non-hydrogen) atoms. The highest BCUT2D eigenvalue weighted by Crippen LogP contribution is 2.27. The van der Waals surface area contributed by atoms with Crippen molar-refractivity contribution in [3.05, 3.63) is 23.2 Å². The fourth-order valence-corrected chi connectivity index (χ4v) is 2.50. The van der Waals surface area contributed by atoms with Crippen molar-refractivity contribution >= 4 is 17.3 Å². The molecular weight excluding hydrogens is 288 g/mol. The van der Waals surface area contributed by atoms with Gasteiger partial charge in [-0.05, 0) is 32.4 Å². The summed E-state index contributed by atoms with van der Waals surface area (Å²) in [6, 6.07) is 6.10. The summed E-state index contributed by atoms with van der Waals surface area (Å²) in [7, 11) is 0. The lowest BCUT2D eigenvalue weighted by molar-refractivity contribution is 0.137. The lowest BCUT2D eigenvalue weighted by Gasteiger charge is -2.19. The van der Waals surface area contributed by atoms with Gasteiger partial charge in [-0.2, -0.15) is 0 Å². The van der Waals surface area contributed by atoms with E-state index < -0.39 is 0 Å². The third-order valence-corrected chi connectivity index (χ3v) is 3.70. The molecule has 1 N–H and O–H groups in total. The normalized spacial score (nSPS) is 16.8. The summed E-state index contributed by atoms with van der Waals surface area (Å²) in [5.74, 6) is 0.855. The monoisotopic (exact) mass is 312 g/mol. The molecule has 4 nitrogen and oxygen atoms in total. The fraction of sp³-hybridized carbons (Fsp3) is 0.625. The summed E-state index contributed by atoms with van der Waals surface area (Å²) in [5.41, 5.74) is 0.923. The van der Waals surface area contributed by atoms with Crippen molar-refractivity contribution in [3.63, 3.8) is 0 Å². The van der Waals surface area contributed by atoms with Crippen molar-refractivity contribution in [2.45, 2.75) is 26.3 Å². The van der Waals surface area contributed by atoms with Gasteiger partial charge in [0.15, 0.2) is 0 Å². The van der Waals surface area contributed by atoms with Crippen molar-refractivity contribution in [1.29, 1.82) is 0 Å². The molecule has 1 fully saturated rings. The Morgan fingerprint density at radius 2 is 2.19 bits per heavy atom. The first kappa shape index (κ1) is 16.4. The molecule has 1 aromatic carbocycles. The van der Waals surface area contributed by atoms with E-state index in [4.69, 9.17) is 21.1 Å². The minimum atomic E-state index is 0.342. The Labute approximate surface area is 132 Å². The SMILES string of the molecule is CC(C)Nc1cc(OCCN2CCCOCC2)ccc1Cl. The average Bonchev–Trinajstić information content (AvgIpc) is 2.70. The minimum Gasteiger partial charge on any atom is -0.492 e. The van der Waals surface area contributed by atoms with Crippen LogP contribution in [0.1, 0.15) is 20.3 Å². The van der Waals surface area contributed by atoms with E-state index in [1.54, 1.807) is 0 Å². The summed E-state index contributed by atoms with van der Waals surface area (Å²) in [4.78, 5) is 2.39. The molecule has 5 heteroatoms. The maximum absolute atomic E-state index is 6.17. The quantitative estimate of drug-likeness (QED) is 0.874. The van der Waals surface area contributed by atoms with Gasteiger partial charge in [-0.3, -0.25) is 4.90 Å². The summed E-state index contributed by atoms with van der Waals surface area (Å²) < 4.78 is 11.3. The van der Waals surface area contributed by atoms with E-state index in [0.717, 1.165) is 55.7 Å². The number of benzene rings is 1. The third kappa shape index (κ3) is 5.73. The highest BCUT2D eigenvalue weighted by Gasteiger charge is 2.09. The first-order valence-corrected chi connectivity index (χ1v) is 8.02. The van der Waals surface area contributed by atoms with Crippen LogP contribution < -0.4 is 10.1 Å². The zero-order valence-electron chi connectivity index (χ0n) is 12.9. The van der Waals surface area contributed by atoms with Crippen LogP contribution >= 0.6 is 11.6 Å². The maximum atomic E-state index is 6.17. The zero-order chi connectivity index (χ0) is 15.1. The number of ether oxygens (including phenoxy) is 2. The van der Waals surface area contributed by atoms with Crippen LogP contribution in [0.5, 0.6) is 5.75 Å². The molecule has 0 saturated carbocycles. The Hall–Kier alpha value is -0.970. The van der Waals surface area contributed by atoms with Gasteiger partial charge in [0.05, 0.1) is 17.3 Å². The van der Waals surface area contributed by atoms with Crippen LogP contribution in [0.2, 0.25) is 5.02 Å². The second-order valence-electron chi connectivity index (χ2n) is 5.60. The van der Waals surface area contributed by atoms with Crippen molar-refractivity contribution in [2.75, 3.05) is 44.8 Å². The van der Waals surface area contributed by atoms with E-state index in [1.807, 2.05) is 18.2 Å². The highest BCUT2D eigenvalue weighted by molar-refractivity contribution is 6.33. The van der Waals surface area contributed by atoms with Gasteiger partial charge in [-0.1, -0.05) is 11.6 Å². The molecule has 2 rings (SSSR count). The van der Waals surface area contributed by atoms with Crippen LogP contribution in [0, 0.1) is 0 Å². The molecule has 1 aromatic rings. The van der Waals surface area contributed by atoms with Gasteiger partial charge in [0.2, 0.25) is 0 Å². The van der Waals surface area contributed by atoms with Gasteiger partial charge in [-0.25, -0.2) is 0 Å². The van der Waals surface area contributed by atoms with Gasteiger partial charge in [0, 0.05) is 38.3 Å². The Morgan fingerprint density at radius 1 is 1.33 bits per heavy atom. The predicted octanol–water partition coefficient (Wildman–Crippen LogP) is 3.26. The first-order valence-electron chi connectivity index (χ1n) is 7.64. The molecule has 0 unspecified atom stereocenters. The van der Waals surface area contributed by atoms with Crippen LogP contribution in [0.4, 0.5) is 5.69 Å². The molecule has 0 aromatic heterocycles. The van der Waals surface area contributed by atoms with E-state index in [9.17, 15) is 0 Å². The Bertz CT molecular complexity index is 432. The number of hydrogen-bond acceptors (Lipinski definition) is 4. The summed E-state index contributed by atoms with van der Waals surface area (Å²) in [6.45, 7) is 9.56. The largest absolute Gasteiger partial charge is 0.492 e.